The number of nitrogens with one attached hydrogen (secondary N) is 2. The largest absolute Gasteiger partial charge is 0.481 e. The van der Waals surface area contributed by atoms with Crippen molar-refractivity contribution in [2.24, 2.45) is 5.92 Å². The molecule has 1 unspecified atom stereocenters. The Hall–Kier alpha value is -1.19. The van der Waals surface area contributed by atoms with E-state index in [-0.39, 0.29) is 16.4 Å². The van der Waals surface area contributed by atoms with Gasteiger partial charge in [-0.1, -0.05) is 24.7 Å². The molecule has 1 aromatic rings. The molecule has 9 heteroatoms. The van der Waals surface area contributed by atoms with Gasteiger partial charge in [0.05, 0.1) is 5.92 Å². The highest BCUT2D eigenvalue weighted by molar-refractivity contribution is 7.91. The number of H-pyrrole nitrogens is 1. The summed E-state index contributed by atoms with van der Waals surface area (Å²) in [6, 6.07) is 0. The molecule has 1 heterocycles. The van der Waals surface area contributed by atoms with Crippen LogP contribution in [0.4, 0.5) is 0 Å². The van der Waals surface area contributed by atoms with Crippen molar-refractivity contribution in [3.8, 4) is 0 Å². The molecule has 0 aliphatic carbocycles. The summed E-state index contributed by atoms with van der Waals surface area (Å²) in [7, 11) is -3.84. The lowest BCUT2D eigenvalue weighted by Crippen LogP contribution is -2.32. The van der Waals surface area contributed by atoms with Crippen LogP contribution in [0.1, 0.15) is 25.5 Å². The molecule has 3 N–H and O–H groups in total. The third kappa shape index (κ3) is 4.15. The summed E-state index contributed by atoms with van der Waals surface area (Å²) in [6.07, 6.45) is 1.04. The van der Waals surface area contributed by atoms with Crippen molar-refractivity contribution >= 4 is 27.3 Å². The minimum atomic E-state index is -3.84. The number of carbonyl (C=O) groups is 1. The predicted octanol–water partition coefficient (Wildman–Crippen LogP) is 0.524. The van der Waals surface area contributed by atoms with Crippen LogP contribution in [-0.4, -0.2) is 31.0 Å². The molecule has 0 aliphatic rings. The van der Waals surface area contributed by atoms with Crippen LogP contribution in [0.15, 0.2) is 9.00 Å². The third-order valence-electron chi connectivity index (χ3n) is 2.53. The van der Waals surface area contributed by atoms with Crippen molar-refractivity contribution in [2.45, 2.75) is 30.9 Å². The van der Waals surface area contributed by atoms with Gasteiger partial charge in [0, 0.05) is 12.2 Å². The Morgan fingerprint density at radius 3 is 2.58 bits per heavy atom. The molecular weight excluding hydrogens is 292 g/mol. The highest BCUT2D eigenvalue weighted by atomic mass is 32.2. The van der Waals surface area contributed by atoms with Gasteiger partial charge in [-0.25, -0.2) is 13.1 Å². The van der Waals surface area contributed by atoms with E-state index in [1.165, 1.54) is 6.92 Å². The van der Waals surface area contributed by atoms with Crippen LogP contribution in [0.2, 0.25) is 0 Å². The number of carboxylic acids is 1. The molecule has 0 aliphatic heterocycles. The minimum absolute atomic E-state index is 0.0989. The van der Waals surface area contributed by atoms with Gasteiger partial charge in [0.25, 0.3) is 10.0 Å². The zero-order valence-electron chi connectivity index (χ0n) is 10.6. The number of thiazole rings is 1. The van der Waals surface area contributed by atoms with Crippen LogP contribution in [0.25, 0.3) is 0 Å². The Balaban J connectivity index is 2.83. The van der Waals surface area contributed by atoms with Gasteiger partial charge in [0.2, 0.25) is 0 Å². The van der Waals surface area contributed by atoms with E-state index in [0.717, 1.165) is 0 Å². The van der Waals surface area contributed by atoms with Gasteiger partial charge in [0.1, 0.15) is 0 Å². The predicted molar refractivity (Wildman–Crippen MR) is 70.9 cm³/mol. The fourth-order valence-electron chi connectivity index (χ4n) is 1.58. The SMILES string of the molecule is CCCC(CNS(=O)(=O)c1sc(=O)[nH]c1C)C(=O)O. The lowest BCUT2D eigenvalue weighted by atomic mass is 10.1. The second kappa shape index (κ2) is 6.31. The molecule has 1 atom stereocenters. The van der Waals surface area contributed by atoms with Crippen LogP contribution in [0.3, 0.4) is 0 Å². The van der Waals surface area contributed by atoms with Gasteiger partial charge in [-0.3, -0.25) is 9.59 Å². The molecule has 0 aromatic carbocycles. The summed E-state index contributed by atoms with van der Waals surface area (Å²) in [5.41, 5.74) is 0.255. The topological polar surface area (TPSA) is 116 Å². The highest BCUT2D eigenvalue weighted by Gasteiger charge is 2.24. The normalized spacial score (nSPS) is 13.4. The Morgan fingerprint density at radius 1 is 1.53 bits per heavy atom. The lowest BCUT2D eigenvalue weighted by Gasteiger charge is -2.12. The fourth-order valence-corrected chi connectivity index (χ4v) is 4.01. The maximum absolute atomic E-state index is 11.9. The van der Waals surface area contributed by atoms with Crippen molar-refractivity contribution in [2.75, 3.05) is 6.54 Å². The Bertz CT molecular complexity index is 602. The standard InChI is InChI=1S/C10H16N2O5S2/c1-3-4-7(8(13)14)5-11-19(16,17)9-6(2)12-10(15)18-9/h7,11H,3-5H2,1-2H3,(H,12,15)(H,13,14). The quantitative estimate of drug-likeness (QED) is 0.679. The molecule has 1 rings (SSSR count). The molecule has 1 aromatic heterocycles. The second-order valence-electron chi connectivity index (χ2n) is 4.10. The molecule has 0 fully saturated rings. The van der Waals surface area contributed by atoms with Crippen LogP contribution in [-0.2, 0) is 14.8 Å². The highest BCUT2D eigenvalue weighted by Crippen LogP contribution is 2.16. The van der Waals surface area contributed by atoms with E-state index in [2.05, 4.69) is 9.71 Å². The monoisotopic (exact) mass is 308 g/mol. The number of hydrogen-bond donors (Lipinski definition) is 3. The van der Waals surface area contributed by atoms with Crippen LogP contribution in [0.5, 0.6) is 0 Å². The molecule has 0 bridgehead atoms. The summed E-state index contributed by atoms with van der Waals surface area (Å²) in [5, 5.41) is 8.94. The first-order valence-electron chi connectivity index (χ1n) is 5.70. The molecule has 0 spiro atoms. The van der Waals surface area contributed by atoms with Gasteiger partial charge < -0.3 is 10.1 Å². The van der Waals surface area contributed by atoms with E-state index in [1.807, 2.05) is 6.92 Å². The maximum Gasteiger partial charge on any atom is 0.307 e. The minimum Gasteiger partial charge on any atom is -0.481 e. The summed E-state index contributed by atoms with van der Waals surface area (Å²) in [4.78, 5) is 23.9. The number of carboxylic acid groups (broad SMARTS) is 1. The molecule has 0 saturated heterocycles. The van der Waals surface area contributed by atoms with Crippen LogP contribution >= 0.6 is 11.3 Å². The van der Waals surface area contributed by atoms with E-state index < -0.39 is 26.8 Å². The molecule has 7 nitrogen and oxygen atoms in total. The number of aryl methyl sites for hydroxylation is 1. The van der Waals surface area contributed by atoms with Crippen molar-refractivity contribution < 1.29 is 18.3 Å². The van der Waals surface area contributed by atoms with Gasteiger partial charge in [-0.15, -0.1) is 0 Å². The van der Waals surface area contributed by atoms with E-state index >= 15 is 0 Å². The number of aromatic amines is 1. The van der Waals surface area contributed by atoms with E-state index in [4.69, 9.17) is 5.11 Å². The first-order chi connectivity index (χ1) is 8.77. The Morgan fingerprint density at radius 2 is 2.16 bits per heavy atom. The fraction of sp³-hybridized carbons (Fsp3) is 0.600. The average molecular weight is 308 g/mol. The summed E-state index contributed by atoms with van der Waals surface area (Å²) >= 11 is 0.586. The molecule has 108 valence electrons. The van der Waals surface area contributed by atoms with Crippen LogP contribution in [0, 0.1) is 12.8 Å². The first-order valence-corrected chi connectivity index (χ1v) is 8.00. The van der Waals surface area contributed by atoms with E-state index in [0.29, 0.717) is 24.2 Å². The molecule has 19 heavy (non-hydrogen) atoms. The number of aliphatic carboxylic acids is 1. The Labute approximate surface area is 114 Å². The van der Waals surface area contributed by atoms with E-state index in [1.54, 1.807) is 0 Å². The molecule has 0 radical (unpaired) electrons. The molecule has 0 saturated carbocycles. The van der Waals surface area contributed by atoms with Crippen LogP contribution < -0.4 is 9.60 Å². The lowest BCUT2D eigenvalue weighted by molar-refractivity contribution is -0.141. The number of hydrogen-bond acceptors (Lipinski definition) is 5. The number of sulfonamides is 1. The van der Waals surface area contributed by atoms with Gasteiger partial charge in [0.15, 0.2) is 4.21 Å². The van der Waals surface area contributed by atoms with Gasteiger partial charge in [-0.2, -0.15) is 0 Å². The van der Waals surface area contributed by atoms with Crippen molar-refractivity contribution in [3.63, 3.8) is 0 Å². The average Bonchev–Trinajstić information content (AvgIpc) is 2.64. The molecule has 0 amide bonds. The Kier molecular flexibility index (Phi) is 5.27. The maximum atomic E-state index is 11.9. The van der Waals surface area contributed by atoms with E-state index in [9.17, 15) is 18.0 Å². The summed E-state index contributed by atoms with van der Waals surface area (Å²) in [5.74, 6) is -1.81. The summed E-state index contributed by atoms with van der Waals surface area (Å²) in [6.45, 7) is 3.12. The second-order valence-corrected chi connectivity index (χ2v) is 7.05. The number of rotatable bonds is 7. The van der Waals surface area contributed by atoms with Crippen molar-refractivity contribution in [3.05, 3.63) is 15.4 Å². The number of aromatic nitrogens is 1. The third-order valence-corrected chi connectivity index (χ3v) is 5.56. The van der Waals surface area contributed by atoms with Gasteiger partial charge >= 0.3 is 10.8 Å². The summed E-state index contributed by atoms with van der Waals surface area (Å²) < 4.78 is 26.0. The zero-order valence-corrected chi connectivity index (χ0v) is 12.2. The van der Waals surface area contributed by atoms with Gasteiger partial charge in [-0.05, 0) is 13.3 Å². The smallest absolute Gasteiger partial charge is 0.307 e. The first kappa shape index (κ1) is 15.9. The van der Waals surface area contributed by atoms with Crippen molar-refractivity contribution in [1.82, 2.24) is 9.71 Å². The zero-order chi connectivity index (χ0) is 14.6. The van der Waals surface area contributed by atoms with Crippen molar-refractivity contribution in [1.29, 1.82) is 0 Å². The molecular formula is C10H16N2O5S2.